The molecule has 0 amide bonds. The van der Waals surface area contributed by atoms with E-state index < -0.39 is 23.7 Å². The largest absolute Gasteiger partial charge is 0.495 e. The molecule has 1 saturated heterocycles. The molecule has 1 aliphatic carbocycles. The first-order chi connectivity index (χ1) is 21.3. The third-order valence-electron chi connectivity index (χ3n) is 9.66. The van der Waals surface area contributed by atoms with Crippen LogP contribution in [0.5, 0.6) is 0 Å². The highest BCUT2D eigenvalue weighted by molar-refractivity contribution is 6.64. The van der Waals surface area contributed by atoms with E-state index in [1.165, 1.54) is 0 Å². The summed E-state index contributed by atoms with van der Waals surface area (Å²) in [5, 5.41) is 0. The first-order valence-electron chi connectivity index (χ1n) is 15.1. The van der Waals surface area contributed by atoms with Crippen LogP contribution in [0.2, 0.25) is 0 Å². The van der Waals surface area contributed by atoms with Crippen molar-refractivity contribution in [2.75, 3.05) is 0 Å². The van der Waals surface area contributed by atoms with E-state index in [4.69, 9.17) is 19.3 Å². The number of benzene rings is 4. The molecule has 1 unspecified atom stereocenters. The summed E-state index contributed by atoms with van der Waals surface area (Å²) in [5.74, 6) is 0. The summed E-state index contributed by atoms with van der Waals surface area (Å²) in [7, 11) is -0.521. The Morgan fingerprint density at radius 1 is 0.614 bits per heavy atom. The standard InChI is InChI=1S/C38H32BN3O2/c1-36(2)37(3,4)44-39(43-36)30-22-13-21-29-32(30)27-19-11-12-20-28(27)38(29,26-17-9-6-10-18-26)34-33(25-15-7-5-8-16-25)41-31-23-14-24-40-35(31)42-34/h5-24H,1-4H3. The summed E-state index contributed by atoms with van der Waals surface area (Å²) in [6, 6.07) is 40.1. The second kappa shape index (κ2) is 9.68. The lowest BCUT2D eigenvalue weighted by atomic mass is 9.67. The van der Waals surface area contributed by atoms with Crippen LogP contribution < -0.4 is 5.46 Å². The van der Waals surface area contributed by atoms with Crippen LogP contribution in [0.3, 0.4) is 0 Å². The maximum atomic E-state index is 6.66. The highest BCUT2D eigenvalue weighted by atomic mass is 16.7. The monoisotopic (exact) mass is 573 g/mol. The molecule has 2 aliphatic rings. The summed E-state index contributed by atoms with van der Waals surface area (Å²) in [6.07, 6.45) is 1.78. The number of aromatic nitrogens is 3. The Bertz CT molecular complexity index is 2030. The van der Waals surface area contributed by atoms with Crippen LogP contribution in [0.15, 0.2) is 121 Å². The number of rotatable bonds is 4. The molecule has 1 aliphatic heterocycles. The molecular formula is C38H32BN3O2. The molecule has 6 aromatic rings. The fourth-order valence-electron chi connectivity index (χ4n) is 6.87. The second-order valence-corrected chi connectivity index (χ2v) is 12.7. The van der Waals surface area contributed by atoms with Gasteiger partial charge in [0.1, 0.15) is 5.52 Å². The topological polar surface area (TPSA) is 57.1 Å². The maximum absolute atomic E-state index is 6.66. The van der Waals surface area contributed by atoms with Gasteiger partial charge >= 0.3 is 7.12 Å². The average Bonchev–Trinajstić information content (AvgIpc) is 3.47. The molecular weight excluding hydrogens is 541 g/mol. The lowest BCUT2D eigenvalue weighted by Gasteiger charge is -2.34. The van der Waals surface area contributed by atoms with Gasteiger partial charge in [0.05, 0.1) is 28.0 Å². The van der Waals surface area contributed by atoms with Crippen LogP contribution in [0.25, 0.3) is 33.5 Å². The minimum absolute atomic E-state index is 0.467. The van der Waals surface area contributed by atoms with E-state index >= 15 is 0 Å². The van der Waals surface area contributed by atoms with E-state index in [1.807, 2.05) is 18.2 Å². The van der Waals surface area contributed by atoms with Crippen LogP contribution in [-0.2, 0) is 14.7 Å². The van der Waals surface area contributed by atoms with Crippen molar-refractivity contribution in [3.8, 4) is 22.4 Å². The highest BCUT2D eigenvalue weighted by Crippen LogP contribution is 2.57. The number of hydrogen-bond acceptors (Lipinski definition) is 5. The van der Waals surface area contributed by atoms with E-state index in [0.29, 0.717) is 5.65 Å². The number of fused-ring (bicyclic) bond motifs is 4. The van der Waals surface area contributed by atoms with Crippen molar-refractivity contribution in [2.24, 2.45) is 0 Å². The van der Waals surface area contributed by atoms with Gasteiger partial charge in [-0.2, -0.15) is 0 Å². The summed E-state index contributed by atoms with van der Waals surface area (Å²) in [4.78, 5) is 15.4. The van der Waals surface area contributed by atoms with Crippen molar-refractivity contribution in [2.45, 2.75) is 44.3 Å². The molecule has 0 radical (unpaired) electrons. The van der Waals surface area contributed by atoms with Crippen LogP contribution in [0.1, 0.15) is 50.1 Å². The SMILES string of the molecule is CC1(C)OB(c2cccc3c2-c2ccccc2C3(c2ccccc2)c2nc3ncccc3nc2-c2ccccc2)OC1(C)C. The predicted octanol–water partition coefficient (Wildman–Crippen LogP) is 7.35. The summed E-state index contributed by atoms with van der Waals surface area (Å²) in [5.41, 5.74) is 8.99. The van der Waals surface area contributed by atoms with Crippen LogP contribution in [0, 0.1) is 0 Å². The van der Waals surface area contributed by atoms with E-state index in [-0.39, 0.29) is 0 Å². The number of pyridine rings is 1. The first-order valence-corrected chi connectivity index (χ1v) is 15.1. The zero-order valence-corrected chi connectivity index (χ0v) is 25.3. The molecule has 1 atom stereocenters. The molecule has 0 N–H and O–H groups in total. The zero-order chi connectivity index (χ0) is 30.1. The average molecular weight is 574 g/mol. The van der Waals surface area contributed by atoms with Crippen molar-refractivity contribution in [3.05, 3.63) is 144 Å². The van der Waals surface area contributed by atoms with Crippen molar-refractivity contribution in [1.82, 2.24) is 15.0 Å². The molecule has 2 aromatic heterocycles. The molecule has 0 saturated carbocycles. The molecule has 1 fully saturated rings. The van der Waals surface area contributed by atoms with E-state index in [0.717, 1.165) is 55.7 Å². The molecule has 5 nitrogen and oxygen atoms in total. The molecule has 0 bridgehead atoms. The lowest BCUT2D eigenvalue weighted by Crippen LogP contribution is -2.41. The van der Waals surface area contributed by atoms with Crippen molar-refractivity contribution in [1.29, 1.82) is 0 Å². The van der Waals surface area contributed by atoms with Gasteiger partial charge in [0.15, 0.2) is 5.65 Å². The smallest absolute Gasteiger partial charge is 0.399 e. The minimum Gasteiger partial charge on any atom is -0.399 e. The van der Waals surface area contributed by atoms with Crippen molar-refractivity contribution < 1.29 is 9.31 Å². The summed E-state index contributed by atoms with van der Waals surface area (Å²) < 4.78 is 13.3. The maximum Gasteiger partial charge on any atom is 0.495 e. The zero-order valence-electron chi connectivity index (χ0n) is 25.3. The van der Waals surface area contributed by atoms with Gasteiger partial charge in [0.25, 0.3) is 0 Å². The van der Waals surface area contributed by atoms with Crippen molar-refractivity contribution in [3.63, 3.8) is 0 Å². The van der Waals surface area contributed by atoms with Gasteiger partial charge in [-0.1, -0.05) is 103 Å². The van der Waals surface area contributed by atoms with Crippen LogP contribution in [0.4, 0.5) is 0 Å². The molecule has 214 valence electrons. The van der Waals surface area contributed by atoms with Crippen molar-refractivity contribution >= 4 is 23.7 Å². The van der Waals surface area contributed by atoms with Gasteiger partial charge in [0, 0.05) is 11.8 Å². The molecule has 3 heterocycles. The summed E-state index contributed by atoms with van der Waals surface area (Å²) in [6.45, 7) is 8.40. The van der Waals surface area contributed by atoms with E-state index in [1.54, 1.807) is 6.20 Å². The van der Waals surface area contributed by atoms with Crippen LogP contribution >= 0.6 is 0 Å². The predicted molar refractivity (Wildman–Crippen MR) is 176 cm³/mol. The van der Waals surface area contributed by atoms with Gasteiger partial charge in [-0.3, -0.25) is 0 Å². The number of nitrogens with zero attached hydrogens (tertiary/aromatic N) is 3. The fourth-order valence-corrected chi connectivity index (χ4v) is 6.87. The van der Waals surface area contributed by atoms with Crippen LogP contribution in [-0.4, -0.2) is 33.3 Å². The Labute approximate surface area is 258 Å². The Morgan fingerprint density at radius 2 is 1.27 bits per heavy atom. The van der Waals surface area contributed by atoms with Gasteiger partial charge in [-0.15, -0.1) is 0 Å². The quantitative estimate of drug-likeness (QED) is 0.206. The van der Waals surface area contributed by atoms with E-state index in [2.05, 4.69) is 130 Å². The fraction of sp³-hybridized carbons (Fsp3) is 0.184. The Kier molecular flexibility index (Phi) is 5.93. The molecule has 4 aromatic carbocycles. The lowest BCUT2D eigenvalue weighted by molar-refractivity contribution is 0.00578. The molecule has 8 rings (SSSR count). The van der Waals surface area contributed by atoms with Gasteiger partial charge in [-0.25, -0.2) is 15.0 Å². The normalized spacial score (nSPS) is 19.6. The minimum atomic E-state index is -0.781. The molecule has 44 heavy (non-hydrogen) atoms. The highest BCUT2D eigenvalue weighted by Gasteiger charge is 2.55. The van der Waals surface area contributed by atoms with E-state index in [9.17, 15) is 0 Å². The number of hydrogen-bond donors (Lipinski definition) is 0. The Balaban J connectivity index is 1.51. The van der Waals surface area contributed by atoms with Gasteiger partial charge in [-0.05, 0) is 73.1 Å². The molecule has 6 heteroatoms. The Morgan fingerprint density at radius 3 is 2.02 bits per heavy atom. The first kappa shape index (κ1) is 26.9. The second-order valence-electron chi connectivity index (χ2n) is 12.7. The Hall–Kier alpha value is -4.65. The molecule has 0 spiro atoms. The summed E-state index contributed by atoms with van der Waals surface area (Å²) >= 11 is 0. The van der Waals surface area contributed by atoms with Gasteiger partial charge < -0.3 is 9.31 Å². The van der Waals surface area contributed by atoms with Gasteiger partial charge in [0.2, 0.25) is 0 Å². The third kappa shape index (κ3) is 3.78. The third-order valence-corrected chi connectivity index (χ3v) is 9.66.